The highest BCUT2D eigenvalue weighted by Gasteiger charge is 2.26. The van der Waals surface area contributed by atoms with E-state index in [0.717, 1.165) is 11.6 Å². The maximum Gasteiger partial charge on any atom is 0.387 e. The minimum atomic E-state index is -3.12. The van der Waals surface area contributed by atoms with Gasteiger partial charge in [-0.15, -0.1) is 0 Å². The van der Waals surface area contributed by atoms with Crippen LogP contribution in [0.15, 0.2) is 53.1 Å². The molecular formula is C17H15BrF3NO2. The number of halogens is 4. The number of alkyl halides is 2. The Hall–Kier alpha value is -2.02. The fourth-order valence-corrected chi connectivity index (χ4v) is 2.89. The van der Waals surface area contributed by atoms with Gasteiger partial charge in [0, 0.05) is 23.1 Å². The van der Waals surface area contributed by atoms with Gasteiger partial charge in [-0.3, -0.25) is 4.79 Å². The predicted octanol–water partition coefficient (Wildman–Crippen LogP) is 4.55. The van der Waals surface area contributed by atoms with E-state index in [2.05, 4.69) is 33.8 Å². The Bertz CT molecular complexity index is 716. The largest absolute Gasteiger partial charge is 0.432 e. The maximum absolute atomic E-state index is 13.5. The number of allylic oxidation sites excluding steroid dienone is 1. The third-order valence-corrected chi connectivity index (χ3v) is 4.07. The van der Waals surface area contributed by atoms with Gasteiger partial charge in [-0.25, -0.2) is 4.39 Å². The van der Waals surface area contributed by atoms with Gasteiger partial charge in [0.25, 0.3) is 5.91 Å². The summed E-state index contributed by atoms with van der Waals surface area (Å²) in [5.74, 6) is -1.66. The van der Waals surface area contributed by atoms with Crippen molar-refractivity contribution >= 4 is 21.8 Å². The number of hydrogen-bond donors (Lipinski definition) is 0. The van der Waals surface area contributed by atoms with E-state index in [1.165, 1.54) is 23.1 Å². The molecule has 1 heterocycles. The Kier molecular flexibility index (Phi) is 5.88. The van der Waals surface area contributed by atoms with Gasteiger partial charge in [0.05, 0.1) is 0 Å². The van der Waals surface area contributed by atoms with Crippen LogP contribution in [0.4, 0.5) is 13.2 Å². The van der Waals surface area contributed by atoms with Crippen LogP contribution in [0.5, 0.6) is 5.75 Å². The average Bonchev–Trinajstić information content (AvgIpc) is 2.51. The summed E-state index contributed by atoms with van der Waals surface area (Å²) in [5, 5.41) is 0. The van der Waals surface area contributed by atoms with E-state index < -0.39 is 18.2 Å². The molecule has 0 unspecified atom stereocenters. The van der Waals surface area contributed by atoms with Crippen molar-refractivity contribution < 1.29 is 22.7 Å². The first-order valence-corrected chi connectivity index (χ1v) is 7.85. The summed E-state index contributed by atoms with van der Waals surface area (Å²) in [7, 11) is 0. The molecule has 128 valence electrons. The van der Waals surface area contributed by atoms with Gasteiger partial charge in [0.1, 0.15) is 0 Å². The zero-order valence-corrected chi connectivity index (χ0v) is 14.3. The third kappa shape index (κ3) is 4.08. The smallest absolute Gasteiger partial charge is 0.387 e. The minimum absolute atomic E-state index is 0.151. The molecular weight excluding hydrogens is 387 g/mol. The molecule has 1 aromatic rings. The highest BCUT2D eigenvalue weighted by molar-refractivity contribution is 9.11. The van der Waals surface area contributed by atoms with Gasteiger partial charge in [0.15, 0.2) is 11.6 Å². The van der Waals surface area contributed by atoms with Gasteiger partial charge < -0.3 is 9.64 Å². The zero-order valence-electron chi connectivity index (χ0n) is 12.7. The topological polar surface area (TPSA) is 29.5 Å². The molecule has 1 aliphatic rings. The van der Waals surface area contributed by atoms with Gasteiger partial charge in [-0.1, -0.05) is 41.2 Å². The van der Waals surface area contributed by atoms with Gasteiger partial charge in [-0.05, 0) is 29.7 Å². The van der Waals surface area contributed by atoms with Crippen molar-refractivity contribution in [3.8, 4) is 5.75 Å². The van der Waals surface area contributed by atoms with E-state index in [9.17, 15) is 18.0 Å². The Labute approximate surface area is 146 Å². The molecule has 0 saturated carbocycles. The third-order valence-electron chi connectivity index (χ3n) is 3.59. The number of rotatable bonds is 6. The van der Waals surface area contributed by atoms with Crippen LogP contribution < -0.4 is 4.74 Å². The SMILES string of the molecule is C=CC1=C(C(=C)Br)CCN(Cc2ccc(F)c(OC(F)F)c2)C1=O. The first-order valence-electron chi connectivity index (χ1n) is 7.06. The Balaban J connectivity index is 2.22. The van der Waals surface area contributed by atoms with Crippen LogP contribution in [0.1, 0.15) is 12.0 Å². The van der Waals surface area contributed by atoms with Crippen molar-refractivity contribution in [2.45, 2.75) is 19.6 Å². The quantitative estimate of drug-likeness (QED) is 0.699. The standard InChI is InChI=1S/C17H15BrF3NO2/c1-3-12-13(10(2)18)6-7-22(16(12)23)9-11-4-5-14(19)15(8-11)24-17(20)21/h3-5,8,17H,1-2,6-7,9H2. The van der Waals surface area contributed by atoms with Crippen LogP contribution >= 0.6 is 15.9 Å². The summed E-state index contributed by atoms with van der Waals surface area (Å²) in [4.78, 5) is 14.1. The molecule has 0 fully saturated rings. The molecule has 1 amide bonds. The molecule has 0 aliphatic carbocycles. The van der Waals surface area contributed by atoms with Crippen molar-refractivity contribution in [3.63, 3.8) is 0 Å². The lowest BCUT2D eigenvalue weighted by atomic mass is 9.98. The minimum Gasteiger partial charge on any atom is -0.432 e. The highest BCUT2D eigenvalue weighted by atomic mass is 79.9. The summed E-state index contributed by atoms with van der Waals surface area (Å²) in [6, 6.07) is 3.64. The van der Waals surface area contributed by atoms with Crippen LogP contribution in [0.25, 0.3) is 0 Å². The number of hydrogen-bond acceptors (Lipinski definition) is 2. The molecule has 0 spiro atoms. The number of nitrogens with zero attached hydrogens (tertiary/aromatic N) is 1. The molecule has 24 heavy (non-hydrogen) atoms. The molecule has 0 atom stereocenters. The number of carbonyl (C=O) groups is 1. The Morgan fingerprint density at radius 2 is 2.17 bits per heavy atom. The van der Waals surface area contributed by atoms with Crippen LogP contribution in [-0.2, 0) is 11.3 Å². The Morgan fingerprint density at radius 1 is 1.46 bits per heavy atom. The van der Waals surface area contributed by atoms with Crippen LogP contribution in [0, 0.1) is 5.82 Å². The second kappa shape index (κ2) is 7.70. The van der Waals surface area contributed by atoms with Crippen molar-refractivity contribution in [2.24, 2.45) is 0 Å². The van der Waals surface area contributed by atoms with Gasteiger partial charge in [0.2, 0.25) is 0 Å². The van der Waals surface area contributed by atoms with Crippen LogP contribution in [0.2, 0.25) is 0 Å². The molecule has 0 saturated heterocycles. The molecule has 0 N–H and O–H groups in total. The predicted molar refractivity (Wildman–Crippen MR) is 88.4 cm³/mol. The van der Waals surface area contributed by atoms with E-state index in [4.69, 9.17) is 0 Å². The summed E-state index contributed by atoms with van der Waals surface area (Å²) in [5.41, 5.74) is 1.71. The van der Waals surface area contributed by atoms with E-state index in [0.29, 0.717) is 28.6 Å². The highest BCUT2D eigenvalue weighted by Crippen LogP contribution is 2.30. The maximum atomic E-state index is 13.5. The first-order chi connectivity index (χ1) is 11.3. The lowest BCUT2D eigenvalue weighted by molar-refractivity contribution is -0.128. The van der Waals surface area contributed by atoms with Crippen LogP contribution in [-0.4, -0.2) is 24.0 Å². The van der Waals surface area contributed by atoms with Crippen molar-refractivity contribution in [3.05, 3.63) is 64.4 Å². The molecule has 2 rings (SSSR count). The Morgan fingerprint density at radius 3 is 2.75 bits per heavy atom. The van der Waals surface area contributed by atoms with E-state index in [-0.39, 0.29) is 12.5 Å². The molecule has 7 heteroatoms. The fraction of sp³-hybridized carbons (Fsp3) is 0.235. The summed E-state index contributed by atoms with van der Waals surface area (Å²) < 4.78 is 42.8. The number of carbonyl (C=O) groups excluding carboxylic acids is 1. The number of benzene rings is 1. The lowest BCUT2D eigenvalue weighted by Crippen LogP contribution is -2.36. The monoisotopic (exact) mass is 401 g/mol. The van der Waals surface area contributed by atoms with E-state index in [1.807, 2.05) is 0 Å². The van der Waals surface area contributed by atoms with E-state index >= 15 is 0 Å². The molecule has 0 aromatic heterocycles. The second-order valence-corrected chi connectivity index (χ2v) is 6.08. The van der Waals surface area contributed by atoms with Gasteiger partial charge in [-0.2, -0.15) is 8.78 Å². The summed E-state index contributed by atoms with van der Waals surface area (Å²) in [6.45, 7) is 4.89. The van der Waals surface area contributed by atoms with Crippen molar-refractivity contribution in [2.75, 3.05) is 6.54 Å². The van der Waals surface area contributed by atoms with Crippen LogP contribution in [0.3, 0.4) is 0 Å². The van der Waals surface area contributed by atoms with Crippen molar-refractivity contribution in [1.29, 1.82) is 0 Å². The normalized spacial score (nSPS) is 15.0. The number of amides is 1. The average molecular weight is 402 g/mol. The lowest BCUT2D eigenvalue weighted by Gasteiger charge is -2.29. The van der Waals surface area contributed by atoms with Gasteiger partial charge >= 0.3 is 6.61 Å². The fourth-order valence-electron chi connectivity index (χ4n) is 2.48. The molecule has 0 bridgehead atoms. The molecule has 0 radical (unpaired) electrons. The number of ether oxygens (including phenoxy) is 1. The summed E-state index contributed by atoms with van der Waals surface area (Å²) in [6.07, 6.45) is 2.05. The molecule has 1 aliphatic heterocycles. The van der Waals surface area contributed by atoms with E-state index in [1.54, 1.807) is 0 Å². The summed E-state index contributed by atoms with van der Waals surface area (Å²) >= 11 is 3.27. The van der Waals surface area contributed by atoms with Crippen molar-refractivity contribution in [1.82, 2.24) is 4.90 Å². The molecule has 1 aromatic carbocycles. The zero-order chi connectivity index (χ0) is 17.9. The first kappa shape index (κ1) is 18.3. The second-order valence-electron chi connectivity index (χ2n) is 5.12. The molecule has 3 nitrogen and oxygen atoms in total.